The van der Waals surface area contributed by atoms with Crippen molar-refractivity contribution in [3.8, 4) is 17.2 Å². The minimum absolute atomic E-state index is 0.278. The highest BCUT2D eigenvalue weighted by Crippen LogP contribution is 2.28. The van der Waals surface area contributed by atoms with E-state index in [-0.39, 0.29) is 11.7 Å². The summed E-state index contributed by atoms with van der Waals surface area (Å²) < 4.78 is 16.4. The lowest BCUT2D eigenvalue weighted by Gasteiger charge is -2.10. The molecule has 7 nitrogen and oxygen atoms in total. The zero-order chi connectivity index (χ0) is 22.8. The molecule has 0 saturated heterocycles. The van der Waals surface area contributed by atoms with Crippen LogP contribution in [-0.2, 0) is 0 Å². The maximum atomic E-state index is 12.5. The van der Waals surface area contributed by atoms with Crippen molar-refractivity contribution < 1.29 is 23.8 Å². The van der Waals surface area contributed by atoms with Crippen molar-refractivity contribution in [3.05, 3.63) is 76.0 Å². The first kappa shape index (κ1) is 23.0. The molecule has 0 aliphatic rings. The standard InChI is InChI=1S/C24H24N2O5S/c1-3-4-13-30-19-10-8-18(9-11-19)24(28)31-20-12-7-17(15-21(20)29-2)16-25-26-23(27)22-6-5-14-32-22/h5-12,14-16H,3-4,13H2,1-2H3,(H,26,27)/b25-16+. The monoisotopic (exact) mass is 452 g/mol. The maximum Gasteiger partial charge on any atom is 0.343 e. The maximum absolute atomic E-state index is 12.5. The molecule has 166 valence electrons. The number of hydrazone groups is 1. The number of amides is 1. The summed E-state index contributed by atoms with van der Waals surface area (Å²) in [6.07, 6.45) is 3.52. The Balaban J connectivity index is 1.61. The summed E-state index contributed by atoms with van der Waals surface area (Å²) >= 11 is 1.33. The number of nitrogens with zero attached hydrogens (tertiary/aromatic N) is 1. The lowest BCUT2D eigenvalue weighted by molar-refractivity contribution is 0.0729. The van der Waals surface area contributed by atoms with Crippen LogP contribution >= 0.6 is 11.3 Å². The lowest BCUT2D eigenvalue weighted by atomic mass is 10.2. The SMILES string of the molecule is CCCCOc1ccc(C(=O)Oc2ccc(/C=N/NC(=O)c3cccs3)cc2OC)cc1. The summed E-state index contributed by atoms with van der Waals surface area (Å²) in [4.78, 5) is 25.0. The minimum Gasteiger partial charge on any atom is -0.494 e. The van der Waals surface area contributed by atoms with E-state index in [1.807, 2.05) is 5.38 Å². The highest BCUT2D eigenvalue weighted by Gasteiger charge is 2.13. The third-order valence-corrected chi connectivity index (χ3v) is 5.24. The Morgan fingerprint density at radius 2 is 1.91 bits per heavy atom. The number of methoxy groups -OCH3 is 1. The van der Waals surface area contributed by atoms with Gasteiger partial charge in [-0.25, -0.2) is 10.2 Å². The smallest absolute Gasteiger partial charge is 0.343 e. The number of unbranched alkanes of at least 4 members (excludes halogenated alkanes) is 1. The van der Waals surface area contributed by atoms with Gasteiger partial charge in [0, 0.05) is 0 Å². The van der Waals surface area contributed by atoms with Crippen molar-refractivity contribution in [1.82, 2.24) is 5.43 Å². The molecule has 1 amide bonds. The molecule has 32 heavy (non-hydrogen) atoms. The Hall–Kier alpha value is -3.65. The van der Waals surface area contributed by atoms with Crippen molar-refractivity contribution >= 4 is 29.4 Å². The Labute approximate surface area is 190 Å². The van der Waals surface area contributed by atoms with E-state index in [4.69, 9.17) is 14.2 Å². The first-order chi connectivity index (χ1) is 15.6. The number of hydrogen-bond donors (Lipinski definition) is 1. The van der Waals surface area contributed by atoms with Gasteiger partial charge in [0.15, 0.2) is 11.5 Å². The zero-order valence-corrected chi connectivity index (χ0v) is 18.7. The molecular weight excluding hydrogens is 428 g/mol. The molecule has 0 spiro atoms. The van der Waals surface area contributed by atoms with Gasteiger partial charge in [-0.1, -0.05) is 19.4 Å². The van der Waals surface area contributed by atoms with Crippen LogP contribution < -0.4 is 19.6 Å². The zero-order valence-electron chi connectivity index (χ0n) is 17.9. The van der Waals surface area contributed by atoms with Gasteiger partial charge in [-0.2, -0.15) is 5.10 Å². The van der Waals surface area contributed by atoms with Crippen LogP contribution in [0.3, 0.4) is 0 Å². The lowest BCUT2D eigenvalue weighted by Crippen LogP contribution is -2.16. The molecule has 0 bridgehead atoms. The highest BCUT2D eigenvalue weighted by atomic mass is 32.1. The molecule has 0 fully saturated rings. The molecule has 1 aromatic heterocycles. The average molecular weight is 453 g/mol. The van der Waals surface area contributed by atoms with E-state index in [0.717, 1.165) is 12.8 Å². The number of carbonyl (C=O) groups excluding carboxylic acids is 2. The largest absolute Gasteiger partial charge is 0.494 e. The summed E-state index contributed by atoms with van der Waals surface area (Å²) in [5.74, 6) is 0.568. The van der Waals surface area contributed by atoms with Crippen molar-refractivity contribution in [2.24, 2.45) is 5.10 Å². The molecule has 0 unspecified atom stereocenters. The van der Waals surface area contributed by atoms with Crippen LogP contribution in [0.1, 0.15) is 45.4 Å². The van der Waals surface area contributed by atoms with Gasteiger partial charge in [0.05, 0.1) is 30.4 Å². The van der Waals surface area contributed by atoms with Gasteiger partial charge in [-0.05, 0) is 65.9 Å². The van der Waals surface area contributed by atoms with Gasteiger partial charge >= 0.3 is 5.97 Å². The van der Waals surface area contributed by atoms with E-state index in [9.17, 15) is 9.59 Å². The first-order valence-electron chi connectivity index (χ1n) is 10.1. The van der Waals surface area contributed by atoms with Crippen molar-refractivity contribution in [1.29, 1.82) is 0 Å². The number of thiophene rings is 1. The molecule has 0 atom stereocenters. The number of rotatable bonds is 10. The summed E-state index contributed by atoms with van der Waals surface area (Å²) in [5, 5.41) is 5.77. The van der Waals surface area contributed by atoms with E-state index < -0.39 is 5.97 Å². The predicted molar refractivity (Wildman–Crippen MR) is 124 cm³/mol. The van der Waals surface area contributed by atoms with Crippen LogP contribution in [0.15, 0.2) is 65.1 Å². The van der Waals surface area contributed by atoms with Gasteiger partial charge in [-0.3, -0.25) is 4.79 Å². The molecule has 1 heterocycles. The topological polar surface area (TPSA) is 86.2 Å². The fraction of sp³-hybridized carbons (Fsp3) is 0.208. The Morgan fingerprint density at radius 3 is 2.59 bits per heavy atom. The Bertz CT molecular complexity index is 1060. The predicted octanol–water partition coefficient (Wildman–Crippen LogP) is 4.92. The van der Waals surface area contributed by atoms with Gasteiger partial charge in [0.1, 0.15) is 5.75 Å². The molecule has 0 aliphatic carbocycles. The Morgan fingerprint density at radius 1 is 1.09 bits per heavy atom. The quantitative estimate of drug-likeness (QED) is 0.155. The van der Waals surface area contributed by atoms with Crippen LogP contribution in [0.5, 0.6) is 17.2 Å². The minimum atomic E-state index is -0.506. The summed E-state index contributed by atoms with van der Waals surface area (Å²) in [5.41, 5.74) is 3.53. The molecule has 3 aromatic rings. The number of ether oxygens (including phenoxy) is 3. The number of esters is 1. The molecular formula is C24H24N2O5S. The molecule has 3 rings (SSSR count). The summed E-state index contributed by atoms with van der Waals surface area (Å²) in [7, 11) is 1.48. The molecule has 0 saturated carbocycles. The van der Waals surface area contributed by atoms with Crippen LogP contribution in [0.2, 0.25) is 0 Å². The number of nitrogens with one attached hydrogen (secondary N) is 1. The molecule has 2 aromatic carbocycles. The summed E-state index contributed by atoms with van der Waals surface area (Å²) in [6, 6.07) is 15.3. The molecule has 8 heteroatoms. The van der Waals surface area contributed by atoms with Crippen molar-refractivity contribution in [3.63, 3.8) is 0 Å². The number of benzene rings is 2. The fourth-order valence-electron chi connectivity index (χ4n) is 2.66. The summed E-state index contributed by atoms with van der Waals surface area (Å²) in [6.45, 7) is 2.74. The second-order valence-corrected chi connectivity index (χ2v) is 7.65. The van der Waals surface area contributed by atoms with Gasteiger partial charge in [-0.15, -0.1) is 11.3 Å². The number of carbonyl (C=O) groups is 2. The van der Waals surface area contributed by atoms with Crippen LogP contribution in [0.25, 0.3) is 0 Å². The van der Waals surface area contributed by atoms with Crippen LogP contribution in [-0.4, -0.2) is 31.8 Å². The first-order valence-corrected chi connectivity index (χ1v) is 11.0. The van der Waals surface area contributed by atoms with E-state index in [0.29, 0.717) is 34.1 Å². The van der Waals surface area contributed by atoms with E-state index >= 15 is 0 Å². The van der Waals surface area contributed by atoms with Crippen molar-refractivity contribution in [2.75, 3.05) is 13.7 Å². The molecule has 1 N–H and O–H groups in total. The number of hydrogen-bond acceptors (Lipinski definition) is 7. The average Bonchev–Trinajstić information content (AvgIpc) is 3.35. The normalized spacial score (nSPS) is 10.7. The third kappa shape index (κ3) is 6.42. The third-order valence-electron chi connectivity index (χ3n) is 4.37. The second kappa shape index (κ2) is 11.7. The molecule has 0 radical (unpaired) electrons. The fourth-order valence-corrected chi connectivity index (χ4v) is 3.27. The van der Waals surface area contributed by atoms with Crippen LogP contribution in [0, 0.1) is 0 Å². The van der Waals surface area contributed by atoms with Gasteiger partial charge < -0.3 is 14.2 Å². The van der Waals surface area contributed by atoms with E-state index in [1.165, 1.54) is 24.7 Å². The second-order valence-electron chi connectivity index (χ2n) is 6.70. The van der Waals surface area contributed by atoms with Crippen LogP contribution in [0.4, 0.5) is 0 Å². The van der Waals surface area contributed by atoms with E-state index in [2.05, 4.69) is 17.5 Å². The highest BCUT2D eigenvalue weighted by molar-refractivity contribution is 7.12. The molecule has 0 aliphatic heterocycles. The van der Waals surface area contributed by atoms with E-state index in [1.54, 1.807) is 54.6 Å². The van der Waals surface area contributed by atoms with Crippen molar-refractivity contribution in [2.45, 2.75) is 19.8 Å². The Kier molecular flexibility index (Phi) is 8.39. The van der Waals surface area contributed by atoms with Gasteiger partial charge in [0.2, 0.25) is 0 Å². The van der Waals surface area contributed by atoms with Gasteiger partial charge in [0.25, 0.3) is 5.91 Å².